The monoisotopic (exact) mass is 606 g/mol. The molecule has 2 heterocycles. The summed E-state index contributed by atoms with van der Waals surface area (Å²) in [5.74, 6) is -5.79. The van der Waals surface area contributed by atoms with Crippen LogP contribution < -0.4 is 16.3 Å². The summed E-state index contributed by atoms with van der Waals surface area (Å²) in [7, 11) is 0. The zero-order valence-electron chi connectivity index (χ0n) is 22.6. The minimum absolute atomic E-state index is 0.130. The van der Waals surface area contributed by atoms with Crippen molar-refractivity contribution in [1.82, 2.24) is 9.55 Å². The number of aromatic nitrogens is 2. The summed E-state index contributed by atoms with van der Waals surface area (Å²) in [6.45, 7) is 5.40. The van der Waals surface area contributed by atoms with Crippen molar-refractivity contribution < 1.29 is 51.6 Å². The van der Waals surface area contributed by atoms with Gasteiger partial charge < -0.3 is 29.0 Å². The minimum Gasteiger partial charge on any atom is -0.463 e. The molecule has 1 saturated heterocycles. The van der Waals surface area contributed by atoms with E-state index < -0.39 is 67.2 Å². The van der Waals surface area contributed by atoms with Gasteiger partial charge in [0.1, 0.15) is 31.7 Å². The lowest BCUT2D eigenvalue weighted by atomic mass is 10.1. The Morgan fingerprint density at radius 1 is 1.00 bits per heavy atom. The molecule has 0 aliphatic carbocycles. The fourth-order valence-corrected chi connectivity index (χ4v) is 3.66. The summed E-state index contributed by atoms with van der Waals surface area (Å²) in [5, 5.41) is 4.73. The number of benzene rings is 1. The topological polar surface area (TPSA) is 173 Å². The van der Waals surface area contributed by atoms with Crippen LogP contribution in [0.3, 0.4) is 0 Å². The first-order valence-corrected chi connectivity index (χ1v) is 12.7. The Balaban J connectivity index is 1.70. The van der Waals surface area contributed by atoms with Crippen LogP contribution in [0.5, 0.6) is 0 Å². The summed E-state index contributed by atoms with van der Waals surface area (Å²) in [5.41, 5.74) is -0.751. The number of hydrogen-bond acceptors (Lipinski definition) is 11. The number of halogens is 2. The largest absolute Gasteiger partial charge is 0.509 e. The number of esters is 1. The molecule has 2 aromatic rings. The molecule has 230 valence electrons. The number of anilines is 2. The van der Waals surface area contributed by atoms with Crippen LogP contribution in [-0.2, 0) is 33.3 Å². The first-order chi connectivity index (χ1) is 20.5. The molecule has 0 radical (unpaired) electrons. The van der Waals surface area contributed by atoms with Crippen LogP contribution in [0, 0.1) is 0 Å². The number of rotatable bonds is 13. The van der Waals surface area contributed by atoms with Gasteiger partial charge in [0.15, 0.2) is 0 Å². The van der Waals surface area contributed by atoms with Crippen LogP contribution in [-0.4, -0.2) is 71.6 Å². The summed E-state index contributed by atoms with van der Waals surface area (Å²) in [6.07, 6.45) is -6.31. The van der Waals surface area contributed by atoms with Crippen LogP contribution in [0.2, 0.25) is 0 Å². The maximum Gasteiger partial charge on any atom is 0.509 e. The second-order valence-corrected chi connectivity index (χ2v) is 8.70. The van der Waals surface area contributed by atoms with Gasteiger partial charge in [-0.15, -0.1) is 0 Å². The van der Waals surface area contributed by atoms with E-state index in [-0.39, 0.29) is 25.5 Å². The van der Waals surface area contributed by atoms with Crippen molar-refractivity contribution in [1.29, 1.82) is 0 Å². The van der Waals surface area contributed by atoms with Crippen molar-refractivity contribution in [2.24, 2.45) is 0 Å². The van der Waals surface area contributed by atoms with E-state index in [1.54, 1.807) is 30.3 Å². The van der Waals surface area contributed by atoms with Gasteiger partial charge in [0.05, 0.1) is 6.42 Å². The van der Waals surface area contributed by atoms with Gasteiger partial charge in [0.2, 0.25) is 18.2 Å². The Kier molecular flexibility index (Phi) is 11.5. The molecule has 16 heteroatoms. The Labute approximate surface area is 243 Å². The molecular weight excluding hydrogens is 578 g/mol. The molecule has 1 aliphatic heterocycles. The van der Waals surface area contributed by atoms with Crippen LogP contribution in [0.4, 0.5) is 29.9 Å². The van der Waals surface area contributed by atoms with Crippen LogP contribution in [0.15, 0.2) is 72.7 Å². The quantitative estimate of drug-likeness (QED) is 0.195. The molecule has 1 fully saturated rings. The zero-order valence-corrected chi connectivity index (χ0v) is 22.6. The van der Waals surface area contributed by atoms with E-state index in [1.165, 1.54) is 12.2 Å². The number of nitrogens with one attached hydrogen (secondary N) is 2. The van der Waals surface area contributed by atoms with Gasteiger partial charge in [-0.1, -0.05) is 43.5 Å². The molecule has 14 nitrogen and oxygen atoms in total. The number of hydrogen-bond donors (Lipinski definition) is 2. The number of amides is 2. The van der Waals surface area contributed by atoms with Gasteiger partial charge in [-0.3, -0.25) is 19.5 Å². The van der Waals surface area contributed by atoms with Crippen LogP contribution in [0.1, 0.15) is 19.1 Å². The number of alkyl halides is 2. The van der Waals surface area contributed by atoms with E-state index >= 15 is 8.78 Å². The highest BCUT2D eigenvalue weighted by atomic mass is 19.3. The predicted octanol–water partition coefficient (Wildman–Crippen LogP) is 3.18. The predicted molar refractivity (Wildman–Crippen MR) is 144 cm³/mol. The van der Waals surface area contributed by atoms with Gasteiger partial charge >= 0.3 is 29.8 Å². The van der Waals surface area contributed by atoms with Crippen molar-refractivity contribution in [3.05, 3.63) is 78.4 Å². The number of ether oxygens (including phenoxy) is 5. The summed E-state index contributed by atoms with van der Waals surface area (Å²) >= 11 is 0. The van der Waals surface area contributed by atoms with Gasteiger partial charge in [-0.25, -0.2) is 14.4 Å². The lowest BCUT2D eigenvalue weighted by molar-refractivity contribution is -0.151. The van der Waals surface area contributed by atoms with Gasteiger partial charge in [-0.2, -0.15) is 13.8 Å². The molecule has 0 spiro atoms. The first kappa shape index (κ1) is 32.4. The lowest BCUT2D eigenvalue weighted by Crippen LogP contribution is -2.45. The molecule has 3 unspecified atom stereocenters. The third-order valence-corrected chi connectivity index (χ3v) is 5.56. The average molecular weight is 607 g/mol. The smallest absolute Gasteiger partial charge is 0.463 e. The molecule has 3 rings (SSSR count). The van der Waals surface area contributed by atoms with Crippen molar-refractivity contribution in [2.75, 3.05) is 30.5 Å². The number of carbonyl (C=O) groups excluding carboxylic acids is 4. The summed E-state index contributed by atoms with van der Waals surface area (Å²) in [6, 6.07) is 9.49. The third kappa shape index (κ3) is 9.19. The first-order valence-electron chi connectivity index (χ1n) is 12.7. The van der Waals surface area contributed by atoms with E-state index in [4.69, 9.17) is 18.9 Å². The maximum atomic E-state index is 15.5. The molecule has 1 aromatic carbocycles. The Bertz CT molecular complexity index is 1390. The zero-order chi connectivity index (χ0) is 31.4. The highest BCUT2D eigenvalue weighted by Gasteiger charge is 2.63. The number of para-hydroxylation sites is 1. The maximum absolute atomic E-state index is 15.5. The van der Waals surface area contributed by atoms with Gasteiger partial charge in [-0.05, 0) is 18.2 Å². The molecule has 3 atom stereocenters. The van der Waals surface area contributed by atoms with Crippen molar-refractivity contribution in [2.45, 2.75) is 37.2 Å². The molecule has 0 saturated carbocycles. The Morgan fingerprint density at radius 3 is 2.37 bits per heavy atom. The summed E-state index contributed by atoms with van der Waals surface area (Å²) in [4.78, 5) is 64.2. The molecule has 43 heavy (non-hydrogen) atoms. The molecule has 1 aliphatic rings. The normalized spacial score (nSPS) is 18.5. The second kappa shape index (κ2) is 15.2. The number of carbonyl (C=O) groups is 4. The Hall–Kier alpha value is -5.12. The van der Waals surface area contributed by atoms with Crippen molar-refractivity contribution >= 4 is 35.6 Å². The fourth-order valence-electron chi connectivity index (χ4n) is 3.66. The Morgan fingerprint density at radius 2 is 1.70 bits per heavy atom. The van der Waals surface area contributed by atoms with E-state index in [1.807, 2.05) is 0 Å². The molecule has 1 aromatic heterocycles. The molecule has 2 N–H and O–H groups in total. The molecule has 2 amide bonds. The van der Waals surface area contributed by atoms with Gasteiger partial charge in [0.25, 0.3) is 0 Å². The molecular formula is C27H28F2N4O10. The second-order valence-electron chi connectivity index (χ2n) is 8.70. The van der Waals surface area contributed by atoms with Crippen molar-refractivity contribution in [3.8, 4) is 0 Å². The SMILES string of the molecule is C=CCOC(=O)Nc1ccn(C2OC(COC(=O)CCC(=O)Nc3ccccc3)C(OC(=O)OCC=C)C2(F)F)c(=O)n1. The van der Waals surface area contributed by atoms with E-state index in [0.717, 1.165) is 12.3 Å². The van der Waals surface area contributed by atoms with E-state index in [9.17, 15) is 24.0 Å². The van der Waals surface area contributed by atoms with Crippen LogP contribution in [0.25, 0.3) is 0 Å². The number of nitrogens with zero attached hydrogens (tertiary/aromatic N) is 2. The third-order valence-electron chi connectivity index (χ3n) is 5.56. The summed E-state index contributed by atoms with van der Waals surface area (Å²) < 4.78 is 56.0. The van der Waals surface area contributed by atoms with E-state index in [0.29, 0.717) is 10.3 Å². The molecule has 0 bridgehead atoms. The highest BCUT2D eigenvalue weighted by Crippen LogP contribution is 2.44. The van der Waals surface area contributed by atoms with Crippen LogP contribution >= 0.6 is 0 Å². The fraction of sp³-hybridized carbons (Fsp3) is 0.333. The van der Waals surface area contributed by atoms with Gasteiger partial charge in [0, 0.05) is 18.3 Å². The standard InChI is InChI=1S/C27H28F2N4O10/c1-3-14-39-25(37)32-19-12-13-33(24(36)31-19)23-27(28,29)22(43-26(38)40-15-4-2)18(42-23)16-41-21(35)11-10-20(34)30-17-8-6-5-7-9-17/h3-9,12-13,18,22-23H,1-2,10-11,14-16H2,(H,30,34)(H,31,32,36,37). The lowest BCUT2D eigenvalue weighted by Gasteiger charge is -2.23. The van der Waals surface area contributed by atoms with Crippen molar-refractivity contribution in [3.63, 3.8) is 0 Å². The van der Waals surface area contributed by atoms with E-state index in [2.05, 4.69) is 33.5 Å². The highest BCUT2D eigenvalue weighted by molar-refractivity contribution is 5.92. The average Bonchev–Trinajstić information content (AvgIpc) is 3.22. The minimum atomic E-state index is -4.07.